The van der Waals surface area contributed by atoms with Crippen LogP contribution < -0.4 is 0 Å². The van der Waals surface area contributed by atoms with Gasteiger partial charge in [-0.15, -0.1) is 11.8 Å². The van der Waals surface area contributed by atoms with E-state index < -0.39 is 0 Å². The quantitative estimate of drug-likeness (QED) is 0.693. The van der Waals surface area contributed by atoms with Crippen LogP contribution in [0.2, 0.25) is 0 Å². The van der Waals surface area contributed by atoms with E-state index in [0.29, 0.717) is 5.41 Å². The van der Waals surface area contributed by atoms with Gasteiger partial charge in [0.2, 0.25) is 0 Å². The van der Waals surface area contributed by atoms with Gasteiger partial charge in [0.05, 0.1) is 0 Å². The molecule has 0 aromatic heterocycles. The fourth-order valence-corrected chi connectivity index (χ4v) is 3.86. The molecule has 1 aromatic carbocycles. The molecule has 1 aromatic rings. The van der Waals surface area contributed by atoms with Crippen LogP contribution in [0, 0.1) is 19.3 Å². The lowest BCUT2D eigenvalue weighted by Crippen LogP contribution is -2.24. The highest BCUT2D eigenvalue weighted by atomic mass is 32.2. The number of thioether (sulfide) groups is 1. The molecule has 1 heterocycles. The van der Waals surface area contributed by atoms with Crippen molar-refractivity contribution in [1.82, 2.24) is 0 Å². The topological polar surface area (TPSA) is 17.1 Å². The van der Waals surface area contributed by atoms with E-state index in [-0.39, 0.29) is 5.78 Å². The number of rotatable bonds is 1. The van der Waals surface area contributed by atoms with E-state index in [0.717, 1.165) is 12.0 Å². The lowest BCUT2D eigenvalue weighted by atomic mass is 9.83. The van der Waals surface area contributed by atoms with E-state index in [1.807, 2.05) is 11.8 Å². The molecule has 92 valence electrons. The number of fused-ring (bicyclic) bond motifs is 1. The van der Waals surface area contributed by atoms with Crippen LogP contribution in [0.5, 0.6) is 0 Å². The van der Waals surface area contributed by atoms with Crippen molar-refractivity contribution in [3.63, 3.8) is 0 Å². The molecule has 0 fully saturated rings. The zero-order valence-electron chi connectivity index (χ0n) is 11.3. The number of ketones is 1. The van der Waals surface area contributed by atoms with Crippen molar-refractivity contribution in [2.45, 2.75) is 45.9 Å². The minimum atomic E-state index is 0.182. The molecule has 1 nitrogen and oxygen atoms in total. The van der Waals surface area contributed by atoms with Crippen molar-refractivity contribution in [2.24, 2.45) is 5.41 Å². The number of carbonyl (C=O) groups is 1. The summed E-state index contributed by atoms with van der Waals surface area (Å²) in [7, 11) is 0. The third kappa shape index (κ3) is 2.28. The molecule has 2 rings (SSSR count). The van der Waals surface area contributed by atoms with Gasteiger partial charge in [-0.3, -0.25) is 4.79 Å². The number of benzene rings is 1. The van der Waals surface area contributed by atoms with Gasteiger partial charge in [-0.2, -0.15) is 0 Å². The van der Waals surface area contributed by atoms with Crippen LogP contribution in [-0.4, -0.2) is 11.5 Å². The summed E-state index contributed by atoms with van der Waals surface area (Å²) in [5.41, 5.74) is 5.09. The summed E-state index contributed by atoms with van der Waals surface area (Å²) >= 11 is 1.95. The zero-order chi connectivity index (χ0) is 12.8. The smallest absolute Gasteiger partial charge is 0.160 e. The van der Waals surface area contributed by atoms with Crippen molar-refractivity contribution in [2.75, 3.05) is 5.75 Å². The Balaban J connectivity index is 2.62. The summed E-state index contributed by atoms with van der Waals surface area (Å²) in [6.07, 6.45) is 1.09. The molecule has 1 aliphatic heterocycles. The van der Waals surface area contributed by atoms with Crippen LogP contribution in [0.15, 0.2) is 11.0 Å². The van der Waals surface area contributed by atoms with Crippen molar-refractivity contribution < 1.29 is 4.79 Å². The average Bonchev–Trinajstić information content (AvgIpc) is 2.21. The molecule has 0 saturated heterocycles. The zero-order valence-corrected chi connectivity index (χ0v) is 12.1. The van der Waals surface area contributed by atoms with Crippen LogP contribution in [0.3, 0.4) is 0 Å². The van der Waals surface area contributed by atoms with Crippen molar-refractivity contribution in [3.8, 4) is 0 Å². The summed E-state index contributed by atoms with van der Waals surface area (Å²) in [5, 5.41) is 0. The molecular formula is C15H20OS. The van der Waals surface area contributed by atoms with E-state index in [1.165, 1.54) is 27.3 Å². The fourth-order valence-electron chi connectivity index (χ4n) is 2.54. The van der Waals surface area contributed by atoms with Gasteiger partial charge in [0.1, 0.15) is 0 Å². The maximum atomic E-state index is 11.7. The molecule has 0 radical (unpaired) electrons. The molecule has 0 amide bonds. The highest BCUT2D eigenvalue weighted by molar-refractivity contribution is 7.99. The largest absolute Gasteiger partial charge is 0.295 e. The summed E-state index contributed by atoms with van der Waals surface area (Å²) in [5.74, 6) is 1.35. The van der Waals surface area contributed by atoms with Crippen LogP contribution in [0.25, 0.3) is 0 Å². The minimum absolute atomic E-state index is 0.182. The molecule has 0 spiro atoms. The maximum absolute atomic E-state index is 11.7. The molecule has 1 aliphatic rings. The third-order valence-electron chi connectivity index (χ3n) is 3.49. The van der Waals surface area contributed by atoms with Gasteiger partial charge >= 0.3 is 0 Å². The van der Waals surface area contributed by atoms with E-state index in [4.69, 9.17) is 0 Å². The molecule has 17 heavy (non-hydrogen) atoms. The Labute approximate surface area is 108 Å². The molecule has 0 N–H and O–H groups in total. The number of hydrogen-bond donors (Lipinski definition) is 0. The van der Waals surface area contributed by atoms with Gasteiger partial charge < -0.3 is 0 Å². The Kier molecular flexibility index (Phi) is 3.11. The predicted molar refractivity (Wildman–Crippen MR) is 74.1 cm³/mol. The van der Waals surface area contributed by atoms with Crippen LogP contribution in [0.1, 0.15) is 47.8 Å². The van der Waals surface area contributed by atoms with E-state index in [1.54, 1.807) is 6.92 Å². The van der Waals surface area contributed by atoms with E-state index in [2.05, 4.69) is 33.8 Å². The fraction of sp³-hybridized carbons (Fsp3) is 0.533. The Bertz CT molecular complexity index is 486. The lowest BCUT2D eigenvalue weighted by molar-refractivity contribution is 0.101. The number of aryl methyl sites for hydroxylation is 1. The summed E-state index contributed by atoms with van der Waals surface area (Å²) in [4.78, 5) is 13.1. The average molecular weight is 248 g/mol. The van der Waals surface area contributed by atoms with Crippen molar-refractivity contribution in [3.05, 3.63) is 28.3 Å². The highest BCUT2D eigenvalue weighted by Gasteiger charge is 2.29. The first-order valence-electron chi connectivity index (χ1n) is 6.08. The Morgan fingerprint density at radius 3 is 2.59 bits per heavy atom. The van der Waals surface area contributed by atoms with Gasteiger partial charge in [-0.05, 0) is 55.4 Å². The minimum Gasteiger partial charge on any atom is -0.295 e. The first kappa shape index (κ1) is 12.7. The first-order valence-corrected chi connectivity index (χ1v) is 7.07. The molecule has 0 bridgehead atoms. The molecule has 2 heteroatoms. The van der Waals surface area contributed by atoms with Crippen molar-refractivity contribution >= 4 is 17.5 Å². The Morgan fingerprint density at radius 1 is 1.35 bits per heavy atom. The van der Waals surface area contributed by atoms with Crippen LogP contribution in [-0.2, 0) is 6.42 Å². The second-order valence-electron chi connectivity index (χ2n) is 5.86. The normalized spacial score (nSPS) is 17.7. The Hall–Kier alpha value is -0.760. The van der Waals surface area contributed by atoms with Gasteiger partial charge in [-0.25, -0.2) is 0 Å². The SMILES string of the molecule is CC(=O)c1cc(C)c2c(c1C)CC(C)(C)CS2. The number of hydrogen-bond acceptors (Lipinski definition) is 2. The lowest BCUT2D eigenvalue weighted by Gasteiger charge is -2.33. The molecule has 0 saturated carbocycles. The van der Waals surface area contributed by atoms with Gasteiger partial charge in [0, 0.05) is 16.2 Å². The second-order valence-corrected chi connectivity index (χ2v) is 6.85. The van der Waals surface area contributed by atoms with E-state index in [9.17, 15) is 4.79 Å². The van der Waals surface area contributed by atoms with Crippen molar-refractivity contribution in [1.29, 1.82) is 0 Å². The third-order valence-corrected chi connectivity index (χ3v) is 5.27. The molecule has 0 atom stereocenters. The monoisotopic (exact) mass is 248 g/mol. The summed E-state index contributed by atoms with van der Waals surface area (Å²) < 4.78 is 0. The standard InChI is InChI=1S/C15H20OS/c1-9-6-12(11(3)16)10(2)13-7-15(4,5)8-17-14(9)13/h6H,7-8H2,1-5H3. The van der Waals surface area contributed by atoms with Gasteiger partial charge in [0.25, 0.3) is 0 Å². The summed E-state index contributed by atoms with van der Waals surface area (Å²) in [6.45, 7) is 10.5. The number of Topliss-reactive ketones (excluding diaryl/α,β-unsaturated/α-hetero) is 1. The van der Waals surface area contributed by atoms with Crippen LogP contribution in [0.4, 0.5) is 0 Å². The van der Waals surface area contributed by atoms with E-state index >= 15 is 0 Å². The highest BCUT2D eigenvalue weighted by Crippen LogP contribution is 2.43. The van der Waals surface area contributed by atoms with Gasteiger partial charge in [0.15, 0.2) is 5.78 Å². The Morgan fingerprint density at radius 2 is 2.00 bits per heavy atom. The predicted octanol–water partition coefficient (Wildman–Crippen LogP) is 4.18. The molecule has 0 aliphatic carbocycles. The van der Waals surface area contributed by atoms with Crippen LogP contribution >= 0.6 is 11.8 Å². The molecule has 0 unspecified atom stereocenters. The first-order chi connectivity index (χ1) is 7.82. The number of carbonyl (C=O) groups excluding carboxylic acids is 1. The second kappa shape index (κ2) is 4.16. The maximum Gasteiger partial charge on any atom is 0.160 e. The molecular weight excluding hydrogens is 228 g/mol. The van der Waals surface area contributed by atoms with Gasteiger partial charge in [-0.1, -0.05) is 13.8 Å². The summed E-state index contributed by atoms with van der Waals surface area (Å²) in [6, 6.07) is 2.06.